The molecule has 0 saturated carbocycles. The van der Waals surface area contributed by atoms with Crippen LogP contribution < -0.4 is 4.74 Å². The summed E-state index contributed by atoms with van der Waals surface area (Å²) in [6, 6.07) is 28.3. The first-order valence-corrected chi connectivity index (χ1v) is 8.59. The Morgan fingerprint density at radius 1 is 0.720 bits per heavy atom. The molecule has 0 radical (unpaired) electrons. The minimum absolute atomic E-state index is 0.0145. The summed E-state index contributed by atoms with van der Waals surface area (Å²) < 4.78 is 11.9. The molecule has 0 atom stereocenters. The zero-order valence-electron chi connectivity index (χ0n) is 14.8. The van der Waals surface area contributed by atoms with E-state index in [2.05, 4.69) is 44.2 Å². The molecule has 0 unspecified atom stereocenters. The fraction of sp³-hybridized carbons (Fsp3) is 0.217. The minimum Gasteiger partial charge on any atom is -0.457 e. The number of benzene rings is 3. The van der Waals surface area contributed by atoms with Crippen molar-refractivity contribution in [3.05, 3.63) is 96.1 Å². The second-order valence-corrected chi connectivity index (χ2v) is 6.81. The Balaban J connectivity index is 1.58. The van der Waals surface area contributed by atoms with E-state index in [1.165, 1.54) is 5.56 Å². The van der Waals surface area contributed by atoms with Gasteiger partial charge in [-0.2, -0.15) is 0 Å². The van der Waals surface area contributed by atoms with Crippen LogP contribution in [0, 0.1) is 0 Å². The summed E-state index contributed by atoms with van der Waals surface area (Å²) in [7, 11) is 0. The van der Waals surface area contributed by atoms with Gasteiger partial charge in [0.2, 0.25) is 0 Å². The lowest BCUT2D eigenvalue weighted by Crippen LogP contribution is -2.24. The van der Waals surface area contributed by atoms with Crippen LogP contribution in [0.3, 0.4) is 0 Å². The van der Waals surface area contributed by atoms with Crippen molar-refractivity contribution in [3.8, 4) is 11.5 Å². The van der Waals surface area contributed by atoms with Crippen LogP contribution in [0.25, 0.3) is 0 Å². The second-order valence-electron chi connectivity index (χ2n) is 6.81. The zero-order valence-corrected chi connectivity index (χ0v) is 14.8. The first kappa shape index (κ1) is 17.2. The van der Waals surface area contributed by atoms with Crippen molar-refractivity contribution < 1.29 is 9.47 Å². The van der Waals surface area contributed by atoms with Crippen LogP contribution in [-0.2, 0) is 16.8 Å². The maximum atomic E-state index is 5.99. The van der Waals surface area contributed by atoms with Crippen LogP contribution in [0.5, 0.6) is 11.5 Å². The van der Waals surface area contributed by atoms with E-state index >= 15 is 0 Å². The van der Waals surface area contributed by atoms with Gasteiger partial charge in [0.1, 0.15) is 11.5 Å². The third-order valence-corrected chi connectivity index (χ3v) is 4.16. The third-order valence-electron chi connectivity index (χ3n) is 4.16. The fourth-order valence-electron chi connectivity index (χ4n) is 2.72. The van der Waals surface area contributed by atoms with Crippen molar-refractivity contribution in [2.45, 2.75) is 25.9 Å². The van der Waals surface area contributed by atoms with Gasteiger partial charge in [0, 0.05) is 5.41 Å². The molecule has 128 valence electrons. The van der Waals surface area contributed by atoms with Gasteiger partial charge in [-0.1, -0.05) is 74.5 Å². The first-order valence-electron chi connectivity index (χ1n) is 8.59. The zero-order chi connectivity index (χ0) is 17.5. The summed E-state index contributed by atoms with van der Waals surface area (Å²) in [4.78, 5) is 0. The summed E-state index contributed by atoms with van der Waals surface area (Å²) in [5.41, 5.74) is 2.38. The molecule has 0 fully saturated rings. The van der Waals surface area contributed by atoms with Gasteiger partial charge in [-0.3, -0.25) is 0 Å². The predicted molar refractivity (Wildman–Crippen MR) is 102 cm³/mol. The highest BCUT2D eigenvalue weighted by Gasteiger charge is 2.20. The second kappa shape index (κ2) is 8.00. The Hall–Kier alpha value is -2.58. The van der Waals surface area contributed by atoms with Gasteiger partial charge in [0.25, 0.3) is 0 Å². The maximum absolute atomic E-state index is 5.99. The van der Waals surface area contributed by atoms with Crippen molar-refractivity contribution in [2.24, 2.45) is 0 Å². The van der Waals surface area contributed by atoms with Gasteiger partial charge >= 0.3 is 0 Å². The smallest absolute Gasteiger partial charge is 0.127 e. The average molecular weight is 332 g/mol. The lowest BCUT2D eigenvalue weighted by Gasteiger charge is -2.25. The van der Waals surface area contributed by atoms with Crippen LogP contribution in [0.4, 0.5) is 0 Å². The topological polar surface area (TPSA) is 18.5 Å². The maximum Gasteiger partial charge on any atom is 0.127 e. The molecule has 2 nitrogen and oxygen atoms in total. The minimum atomic E-state index is -0.0145. The Labute approximate surface area is 150 Å². The molecular weight excluding hydrogens is 308 g/mol. The molecule has 0 aliphatic heterocycles. The number of para-hydroxylation sites is 1. The monoisotopic (exact) mass is 332 g/mol. The number of hydrogen-bond donors (Lipinski definition) is 0. The lowest BCUT2D eigenvalue weighted by atomic mass is 9.86. The summed E-state index contributed by atoms with van der Waals surface area (Å²) in [6.07, 6.45) is 0. The molecule has 0 saturated heterocycles. The van der Waals surface area contributed by atoms with Crippen LogP contribution in [0.2, 0.25) is 0 Å². The molecule has 0 aliphatic rings. The molecule has 0 bridgehead atoms. The molecule has 0 spiro atoms. The van der Waals surface area contributed by atoms with Crippen molar-refractivity contribution in [1.82, 2.24) is 0 Å². The third kappa shape index (κ3) is 4.94. The van der Waals surface area contributed by atoms with E-state index in [-0.39, 0.29) is 5.41 Å². The standard InChI is InChI=1S/C23H24O2/c1-23(2,20-11-5-3-6-12-20)18-24-17-19-10-9-15-22(16-19)25-21-13-7-4-8-14-21/h3-16H,17-18H2,1-2H3. The van der Waals surface area contributed by atoms with Crippen LogP contribution in [0.15, 0.2) is 84.9 Å². The SMILES string of the molecule is CC(C)(COCc1cccc(Oc2ccccc2)c1)c1ccccc1. The van der Waals surface area contributed by atoms with Crippen LogP contribution in [-0.4, -0.2) is 6.61 Å². The number of hydrogen-bond acceptors (Lipinski definition) is 2. The molecule has 0 N–H and O–H groups in total. The van der Waals surface area contributed by atoms with E-state index in [1.54, 1.807) is 0 Å². The predicted octanol–water partition coefficient (Wildman–Crippen LogP) is 5.97. The van der Waals surface area contributed by atoms with Crippen molar-refractivity contribution >= 4 is 0 Å². The average Bonchev–Trinajstić information content (AvgIpc) is 2.63. The molecule has 3 aromatic rings. The van der Waals surface area contributed by atoms with E-state index in [9.17, 15) is 0 Å². The molecular formula is C23H24O2. The molecule has 3 aromatic carbocycles. The van der Waals surface area contributed by atoms with Gasteiger partial charge in [0.05, 0.1) is 13.2 Å². The molecule has 0 aliphatic carbocycles. The highest BCUT2D eigenvalue weighted by Crippen LogP contribution is 2.25. The summed E-state index contributed by atoms with van der Waals surface area (Å²) in [5.74, 6) is 1.67. The molecule has 0 aromatic heterocycles. The lowest BCUT2D eigenvalue weighted by molar-refractivity contribution is 0.0824. The number of rotatable bonds is 7. The highest BCUT2D eigenvalue weighted by atomic mass is 16.5. The van der Waals surface area contributed by atoms with Gasteiger partial charge in [-0.05, 0) is 35.4 Å². The van der Waals surface area contributed by atoms with Crippen LogP contribution >= 0.6 is 0 Å². The van der Waals surface area contributed by atoms with Crippen molar-refractivity contribution in [1.29, 1.82) is 0 Å². The Bertz CT molecular complexity index is 779. The molecule has 3 rings (SSSR count). The van der Waals surface area contributed by atoms with E-state index in [1.807, 2.05) is 54.6 Å². The van der Waals surface area contributed by atoms with Gasteiger partial charge in [-0.25, -0.2) is 0 Å². The molecule has 25 heavy (non-hydrogen) atoms. The molecule has 0 heterocycles. The van der Waals surface area contributed by atoms with Gasteiger partial charge < -0.3 is 9.47 Å². The van der Waals surface area contributed by atoms with E-state index in [0.29, 0.717) is 13.2 Å². The summed E-state index contributed by atoms with van der Waals surface area (Å²) in [5, 5.41) is 0. The quantitative estimate of drug-likeness (QED) is 0.530. The first-order chi connectivity index (χ1) is 12.1. The van der Waals surface area contributed by atoms with Crippen molar-refractivity contribution in [2.75, 3.05) is 6.61 Å². The van der Waals surface area contributed by atoms with Gasteiger partial charge in [-0.15, -0.1) is 0 Å². The fourth-order valence-corrected chi connectivity index (χ4v) is 2.72. The Morgan fingerprint density at radius 3 is 2.08 bits per heavy atom. The van der Waals surface area contributed by atoms with E-state index in [4.69, 9.17) is 9.47 Å². The Morgan fingerprint density at radius 2 is 1.36 bits per heavy atom. The molecule has 2 heteroatoms. The van der Waals surface area contributed by atoms with E-state index in [0.717, 1.165) is 17.1 Å². The number of ether oxygens (including phenoxy) is 2. The normalized spacial score (nSPS) is 11.3. The van der Waals surface area contributed by atoms with Crippen molar-refractivity contribution in [3.63, 3.8) is 0 Å². The summed E-state index contributed by atoms with van der Waals surface area (Å²) in [6.45, 7) is 5.65. The van der Waals surface area contributed by atoms with Gasteiger partial charge in [0.15, 0.2) is 0 Å². The summed E-state index contributed by atoms with van der Waals surface area (Å²) >= 11 is 0. The van der Waals surface area contributed by atoms with E-state index < -0.39 is 0 Å². The van der Waals surface area contributed by atoms with Crippen LogP contribution in [0.1, 0.15) is 25.0 Å². The Kier molecular flexibility index (Phi) is 5.52. The highest BCUT2D eigenvalue weighted by molar-refractivity contribution is 5.33. The molecule has 0 amide bonds. The largest absolute Gasteiger partial charge is 0.457 e.